The van der Waals surface area contributed by atoms with Crippen LogP contribution < -0.4 is 14.4 Å². The number of thioether (sulfide) groups is 1. The summed E-state index contributed by atoms with van der Waals surface area (Å²) < 4.78 is 15.2. The van der Waals surface area contributed by atoms with E-state index in [2.05, 4.69) is 0 Å². The van der Waals surface area contributed by atoms with E-state index in [0.29, 0.717) is 18.0 Å². The van der Waals surface area contributed by atoms with Gasteiger partial charge < -0.3 is 19.3 Å². The van der Waals surface area contributed by atoms with Crippen LogP contribution in [0.3, 0.4) is 0 Å². The molecule has 2 atom stereocenters. The molecule has 0 bridgehead atoms. The van der Waals surface area contributed by atoms with Gasteiger partial charge in [0, 0.05) is 24.2 Å². The van der Waals surface area contributed by atoms with Gasteiger partial charge in [-0.1, -0.05) is 48.5 Å². The summed E-state index contributed by atoms with van der Waals surface area (Å²) in [7, 11) is 0. The van der Waals surface area contributed by atoms with Crippen LogP contribution in [-0.2, 0) is 16.1 Å². The van der Waals surface area contributed by atoms with Crippen molar-refractivity contribution in [2.75, 3.05) is 11.5 Å². The minimum Gasteiger partial charge on any atom is -0.489 e. The third kappa shape index (κ3) is 7.42. The van der Waals surface area contributed by atoms with E-state index in [1.807, 2.05) is 54.6 Å². The molecule has 1 aliphatic heterocycles. The minimum absolute atomic E-state index is 0.0413. The molecule has 4 aromatic rings. The zero-order chi connectivity index (χ0) is 32.0. The number of nitro groups is 1. The average Bonchev–Trinajstić information content (AvgIpc) is 3.31. The van der Waals surface area contributed by atoms with Crippen molar-refractivity contribution < 1.29 is 38.6 Å². The predicted molar refractivity (Wildman–Crippen MR) is 167 cm³/mol. The highest BCUT2D eigenvalue weighted by Crippen LogP contribution is 2.53. The molecular weight excluding hydrogens is 600 g/mol. The second-order valence-corrected chi connectivity index (χ2v) is 11.9. The van der Waals surface area contributed by atoms with Gasteiger partial charge in [0.2, 0.25) is 5.91 Å². The molecule has 4 aromatic carbocycles. The maximum Gasteiger partial charge on any atom is 0.513 e. The largest absolute Gasteiger partial charge is 0.513 e. The molecule has 1 saturated heterocycles. The van der Waals surface area contributed by atoms with Crippen LogP contribution >= 0.6 is 11.8 Å². The molecule has 0 aromatic heterocycles. The van der Waals surface area contributed by atoms with E-state index in [4.69, 9.17) is 14.2 Å². The maximum absolute atomic E-state index is 14.0. The lowest BCUT2D eigenvalue weighted by atomic mass is 10.0. The first-order valence-electron chi connectivity index (χ1n) is 13.8. The molecule has 1 heterocycles. The summed E-state index contributed by atoms with van der Waals surface area (Å²) in [4.78, 5) is 49.8. The molecule has 0 radical (unpaired) electrons. The Morgan fingerprint density at radius 3 is 2.31 bits per heavy atom. The lowest BCUT2D eigenvalue weighted by molar-refractivity contribution is -0.384. The van der Waals surface area contributed by atoms with Crippen molar-refractivity contribution in [3.63, 3.8) is 0 Å². The number of anilines is 1. The summed E-state index contributed by atoms with van der Waals surface area (Å²) in [6.45, 7) is 2.00. The molecule has 230 valence electrons. The minimum atomic E-state index is -1.12. The van der Waals surface area contributed by atoms with E-state index in [0.717, 1.165) is 11.1 Å². The van der Waals surface area contributed by atoms with Crippen LogP contribution in [-0.4, -0.2) is 39.4 Å². The normalized spacial score (nSPS) is 17.5. The number of benzene rings is 4. The number of nitrogens with zero attached hydrogens (tertiary/aromatic N) is 2. The fraction of sp³-hybridized carbons (Fsp3) is 0.182. The first-order valence-corrected chi connectivity index (χ1v) is 14.7. The fourth-order valence-corrected chi connectivity index (χ4v) is 6.20. The highest BCUT2D eigenvalue weighted by Gasteiger charge is 2.50. The van der Waals surface area contributed by atoms with Gasteiger partial charge in [-0.2, -0.15) is 0 Å². The second-order valence-electron chi connectivity index (χ2n) is 10.3. The maximum atomic E-state index is 14.0. The van der Waals surface area contributed by atoms with E-state index in [1.165, 1.54) is 48.2 Å². The number of nitro benzene ring substituents is 1. The average molecular weight is 629 g/mol. The number of carboxylic acids is 1. The van der Waals surface area contributed by atoms with Gasteiger partial charge in [0.25, 0.3) is 5.69 Å². The van der Waals surface area contributed by atoms with Crippen molar-refractivity contribution in [3.8, 4) is 11.5 Å². The van der Waals surface area contributed by atoms with E-state index in [-0.39, 0.29) is 35.9 Å². The Balaban J connectivity index is 1.30. The summed E-state index contributed by atoms with van der Waals surface area (Å²) in [6.07, 6.45) is -0.882. The van der Waals surface area contributed by atoms with Crippen molar-refractivity contribution >= 4 is 41.2 Å². The highest BCUT2D eigenvalue weighted by molar-refractivity contribution is 8.02. The Morgan fingerprint density at radius 2 is 1.64 bits per heavy atom. The third-order valence-corrected chi connectivity index (χ3v) is 8.72. The second kappa shape index (κ2) is 13.5. The summed E-state index contributed by atoms with van der Waals surface area (Å²) in [5.41, 5.74) is 2.13. The van der Waals surface area contributed by atoms with Gasteiger partial charge in [-0.05, 0) is 60.5 Å². The molecule has 1 amide bonds. The molecule has 11 nitrogen and oxygen atoms in total. The molecule has 12 heteroatoms. The molecule has 5 rings (SSSR count). The number of amides is 1. The predicted octanol–water partition coefficient (Wildman–Crippen LogP) is 7.02. The number of carboxylic acid groups (broad SMARTS) is 1. The summed E-state index contributed by atoms with van der Waals surface area (Å²) in [5, 5.41) is 19.9. The molecule has 1 N–H and O–H groups in total. The van der Waals surface area contributed by atoms with Gasteiger partial charge in [-0.3, -0.25) is 19.8 Å². The summed E-state index contributed by atoms with van der Waals surface area (Å²) in [5.74, 6) is -0.671. The smallest absolute Gasteiger partial charge is 0.489 e. The Kier molecular flexibility index (Phi) is 9.33. The number of non-ortho nitro benzene ring substituents is 1. The van der Waals surface area contributed by atoms with Gasteiger partial charge in [0.15, 0.2) is 0 Å². The monoisotopic (exact) mass is 628 g/mol. The number of aromatic carboxylic acids is 1. The molecule has 45 heavy (non-hydrogen) atoms. The number of carbonyl (C=O) groups is 3. The Morgan fingerprint density at radius 1 is 0.956 bits per heavy atom. The standard InChI is InChI=1S/C33H28N2O9S/c1-33(18-19-42-32(39)44-28-16-12-25(13-17-28)35(40)41)31(38)34(26-9-5-8-24(20-26)30(36)37)29(45-33)23-10-14-27(15-11-23)43-21-22-6-3-2-4-7-22/h2-17,20,29H,18-19,21H2,1H3,(H,36,37). The molecule has 0 saturated carbocycles. The van der Waals surface area contributed by atoms with Crippen LogP contribution in [0, 0.1) is 10.1 Å². The molecular formula is C33H28N2O9S. The summed E-state index contributed by atoms with van der Waals surface area (Å²) in [6, 6.07) is 28.3. The van der Waals surface area contributed by atoms with Gasteiger partial charge in [0.1, 0.15) is 23.5 Å². The molecule has 0 spiro atoms. The summed E-state index contributed by atoms with van der Waals surface area (Å²) >= 11 is 1.36. The Labute approximate surface area is 262 Å². The van der Waals surface area contributed by atoms with Crippen molar-refractivity contribution in [1.82, 2.24) is 0 Å². The van der Waals surface area contributed by atoms with E-state index in [9.17, 15) is 29.6 Å². The van der Waals surface area contributed by atoms with Crippen LogP contribution in [0.15, 0.2) is 103 Å². The number of rotatable bonds is 11. The van der Waals surface area contributed by atoms with E-state index in [1.54, 1.807) is 24.0 Å². The van der Waals surface area contributed by atoms with Crippen LogP contribution in [0.4, 0.5) is 16.2 Å². The van der Waals surface area contributed by atoms with Crippen LogP contribution in [0.25, 0.3) is 0 Å². The van der Waals surface area contributed by atoms with Gasteiger partial charge in [-0.15, -0.1) is 11.8 Å². The SMILES string of the molecule is CC1(CCOC(=O)Oc2ccc([N+](=O)[O-])cc2)SC(c2ccc(OCc3ccccc3)cc2)N(c2cccc(C(=O)O)c2)C1=O. The highest BCUT2D eigenvalue weighted by atomic mass is 32.2. The van der Waals surface area contributed by atoms with E-state index >= 15 is 0 Å². The topological polar surface area (TPSA) is 146 Å². The van der Waals surface area contributed by atoms with E-state index < -0.39 is 27.2 Å². The lowest BCUT2D eigenvalue weighted by Gasteiger charge is -2.25. The van der Waals surface area contributed by atoms with Gasteiger partial charge in [-0.25, -0.2) is 9.59 Å². The van der Waals surface area contributed by atoms with Crippen LogP contribution in [0.1, 0.15) is 40.2 Å². The van der Waals surface area contributed by atoms with Crippen molar-refractivity contribution in [2.24, 2.45) is 0 Å². The number of carbonyl (C=O) groups excluding carboxylic acids is 2. The Bertz CT molecular complexity index is 1700. The quantitative estimate of drug-likeness (QED) is 0.0796. The Hall–Kier alpha value is -5.36. The lowest BCUT2D eigenvalue weighted by Crippen LogP contribution is -2.38. The molecule has 0 aliphatic carbocycles. The van der Waals surface area contributed by atoms with Crippen LogP contribution in [0.2, 0.25) is 0 Å². The zero-order valence-corrected chi connectivity index (χ0v) is 24.8. The number of hydrogen-bond acceptors (Lipinski definition) is 9. The third-order valence-electron chi connectivity index (χ3n) is 7.11. The number of hydrogen-bond donors (Lipinski definition) is 1. The van der Waals surface area contributed by atoms with Crippen molar-refractivity contribution in [1.29, 1.82) is 0 Å². The van der Waals surface area contributed by atoms with Gasteiger partial charge in [0.05, 0.1) is 21.8 Å². The fourth-order valence-electron chi connectivity index (χ4n) is 4.70. The molecule has 1 aliphatic rings. The van der Waals surface area contributed by atoms with Gasteiger partial charge >= 0.3 is 12.1 Å². The zero-order valence-electron chi connectivity index (χ0n) is 24.0. The molecule has 1 fully saturated rings. The molecule has 2 unspecified atom stereocenters. The first-order chi connectivity index (χ1) is 21.6. The van der Waals surface area contributed by atoms with Crippen molar-refractivity contribution in [2.45, 2.75) is 30.1 Å². The van der Waals surface area contributed by atoms with Crippen LogP contribution in [0.5, 0.6) is 11.5 Å². The number of ether oxygens (including phenoxy) is 3. The van der Waals surface area contributed by atoms with Crippen molar-refractivity contribution in [3.05, 3.63) is 130 Å². The first kappa shape index (κ1) is 31.1.